The first kappa shape index (κ1) is 16.0. The number of hydrogen-bond donors (Lipinski definition) is 1. The third-order valence-electron chi connectivity index (χ3n) is 4.12. The highest BCUT2D eigenvalue weighted by Crippen LogP contribution is 2.28. The maximum absolute atomic E-state index is 11.9. The fraction of sp³-hybridized carbons (Fsp3) is 0.588. The molecular formula is C17H26N2O2. The zero-order valence-electron chi connectivity index (χ0n) is 13.1. The molecule has 1 amide bonds. The molecule has 4 heteroatoms. The smallest absolute Gasteiger partial charge is 0.234 e. The van der Waals surface area contributed by atoms with Crippen LogP contribution in [0.2, 0.25) is 0 Å². The molecule has 1 aliphatic rings. The van der Waals surface area contributed by atoms with Crippen molar-refractivity contribution in [1.29, 1.82) is 0 Å². The normalized spacial score (nSPS) is 18.9. The first-order chi connectivity index (χ1) is 10.2. The Labute approximate surface area is 127 Å². The second-order valence-electron chi connectivity index (χ2n) is 5.77. The maximum atomic E-state index is 11.9. The van der Waals surface area contributed by atoms with Crippen LogP contribution in [0.4, 0.5) is 0 Å². The van der Waals surface area contributed by atoms with E-state index in [1.165, 1.54) is 11.1 Å². The lowest BCUT2D eigenvalue weighted by molar-refractivity contribution is -0.122. The number of amides is 1. The second-order valence-corrected chi connectivity index (χ2v) is 5.77. The van der Waals surface area contributed by atoms with Gasteiger partial charge in [-0.3, -0.25) is 9.69 Å². The largest absolute Gasteiger partial charge is 0.385 e. The van der Waals surface area contributed by atoms with E-state index < -0.39 is 0 Å². The highest BCUT2D eigenvalue weighted by molar-refractivity contribution is 5.78. The summed E-state index contributed by atoms with van der Waals surface area (Å²) >= 11 is 0. The van der Waals surface area contributed by atoms with Gasteiger partial charge in [0.05, 0.1) is 6.54 Å². The van der Waals surface area contributed by atoms with Crippen LogP contribution >= 0.6 is 0 Å². The molecule has 1 aliphatic heterocycles. The highest BCUT2D eigenvalue weighted by Gasteiger charge is 2.25. The molecule has 1 saturated heterocycles. The van der Waals surface area contributed by atoms with E-state index in [4.69, 9.17) is 4.74 Å². The van der Waals surface area contributed by atoms with Gasteiger partial charge in [0.15, 0.2) is 0 Å². The number of methoxy groups -OCH3 is 1. The zero-order chi connectivity index (χ0) is 15.1. The number of nitrogens with zero attached hydrogens (tertiary/aromatic N) is 1. The molecule has 0 aliphatic carbocycles. The summed E-state index contributed by atoms with van der Waals surface area (Å²) in [5.41, 5.74) is 2.79. The van der Waals surface area contributed by atoms with E-state index in [1.807, 2.05) is 0 Å². The van der Waals surface area contributed by atoms with Gasteiger partial charge >= 0.3 is 0 Å². The van der Waals surface area contributed by atoms with Crippen LogP contribution in [0.1, 0.15) is 29.9 Å². The Morgan fingerprint density at radius 1 is 1.43 bits per heavy atom. The second kappa shape index (κ2) is 8.15. The number of benzene rings is 1. The van der Waals surface area contributed by atoms with Crippen LogP contribution in [0.3, 0.4) is 0 Å². The highest BCUT2D eigenvalue weighted by atomic mass is 16.5. The number of rotatable bonds is 7. The molecule has 1 aromatic carbocycles. The van der Waals surface area contributed by atoms with Crippen LogP contribution in [0, 0.1) is 6.92 Å². The van der Waals surface area contributed by atoms with E-state index in [-0.39, 0.29) is 5.91 Å². The molecule has 0 radical (unpaired) electrons. The zero-order valence-corrected chi connectivity index (χ0v) is 13.1. The van der Waals surface area contributed by atoms with Crippen molar-refractivity contribution in [2.75, 3.05) is 39.9 Å². The van der Waals surface area contributed by atoms with E-state index >= 15 is 0 Å². The first-order valence-electron chi connectivity index (χ1n) is 7.74. The van der Waals surface area contributed by atoms with Crippen LogP contribution < -0.4 is 5.32 Å². The number of ether oxygens (including phenoxy) is 1. The van der Waals surface area contributed by atoms with Gasteiger partial charge in [-0.05, 0) is 43.4 Å². The standard InChI is InChI=1S/C17H26N2O2/c1-14-6-3-4-7-16(14)15-8-10-19(12-15)13-17(20)18-9-5-11-21-2/h3-4,6-7,15H,5,8-13H2,1-2H3,(H,18,20). The molecule has 1 heterocycles. The van der Waals surface area contributed by atoms with Crippen molar-refractivity contribution in [3.8, 4) is 0 Å². The summed E-state index contributed by atoms with van der Waals surface area (Å²) < 4.78 is 4.97. The van der Waals surface area contributed by atoms with E-state index in [0.717, 1.165) is 25.9 Å². The monoisotopic (exact) mass is 290 g/mol. The Bertz CT molecular complexity index is 462. The van der Waals surface area contributed by atoms with E-state index in [2.05, 4.69) is 41.4 Å². The minimum absolute atomic E-state index is 0.122. The van der Waals surface area contributed by atoms with Gasteiger partial charge in [-0.1, -0.05) is 24.3 Å². The summed E-state index contributed by atoms with van der Waals surface area (Å²) in [7, 11) is 1.68. The van der Waals surface area contributed by atoms with Crippen molar-refractivity contribution in [1.82, 2.24) is 10.2 Å². The van der Waals surface area contributed by atoms with E-state index in [0.29, 0.717) is 25.6 Å². The van der Waals surface area contributed by atoms with Crippen LogP contribution in [0.5, 0.6) is 0 Å². The molecule has 0 aromatic heterocycles. The third kappa shape index (κ3) is 4.83. The Morgan fingerprint density at radius 3 is 3.00 bits per heavy atom. The predicted molar refractivity (Wildman–Crippen MR) is 84.5 cm³/mol. The van der Waals surface area contributed by atoms with Crippen molar-refractivity contribution < 1.29 is 9.53 Å². The molecule has 1 atom stereocenters. The van der Waals surface area contributed by atoms with Gasteiger partial charge < -0.3 is 10.1 Å². The number of hydrogen-bond acceptors (Lipinski definition) is 3. The minimum Gasteiger partial charge on any atom is -0.385 e. The molecule has 1 fully saturated rings. The quantitative estimate of drug-likeness (QED) is 0.780. The summed E-state index contributed by atoms with van der Waals surface area (Å²) in [5.74, 6) is 0.684. The lowest BCUT2D eigenvalue weighted by atomic mass is 9.94. The van der Waals surface area contributed by atoms with E-state index in [9.17, 15) is 4.79 Å². The van der Waals surface area contributed by atoms with Gasteiger partial charge in [0.2, 0.25) is 5.91 Å². The fourth-order valence-corrected chi connectivity index (χ4v) is 2.98. The van der Waals surface area contributed by atoms with Crippen molar-refractivity contribution in [3.63, 3.8) is 0 Å². The molecule has 0 bridgehead atoms. The van der Waals surface area contributed by atoms with Crippen LogP contribution in [0.15, 0.2) is 24.3 Å². The average molecular weight is 290 g/mol. The van der Waals surface area contributed by atoms with Crippen molar-refractivity contribution in [3.05, 3.63) is 35.4 Å². The molecule has 1 N–H and O–H groups in total. The Kier molecular flexibility index (Phi) is 6.21. The summed E-state index contributed by atoms with van der Waals surface area (Å²) in [6.45, 7) is 6.05. The van der Waals surface area contributed by atoms with Crippen molar-refractivity contribution >= 4 is 5.91 Å². The van der Waals surface area contributed by atoms with Gasteiger partial charge in [-0.25, -0.2) is 0 Å². The van der Waals surface area contributed by atoms with Crippen LogP contribution in [-0.2, 0) is 9.53 Å². The molecule has 0 spiro atoms. The first-order valence-corrected chi connectivity index (χ1v) is 7.74. The topological polar surface area (TPSA) is 41.6 Å². The molecule has 1 unspecified atom stereocenters. The SMILES string of the molecule is COCCCNC(=O)CN1CCC(c2ccccc2C)C1. The molecule has 4 nitrogen and oxygen atoms in total. The summed E-state index contributed by atoms with van der Waals surface area (Å²) in [4.78, 5) is 14.1. The summed E-state index contributed by atoms with van der Waals surface area (Å²) in [6.07, 6.45) is 2.01. The van der Waals surface area contributed by atoms with E-state index in [1.54, 1.807) is 7.11 Å². The maximum Gasteiger partial charge on any atom is 0.234 e. The van der Waals surface area contributed by atoms with Crippen molar-refractivity contribution in [2.45, 2.75) is 25.7 Å². The van der Waals surface area contributed by atoms with Crippen LogP contribution in [0.25, 0.3) is 0 Å². The Morgan fingerprint density at radius 2 is 2.24 bits per heavy atom. The van der Waals surface area contributed by atoms with Gasteiger partial charge in [-0.15, -0.1) is 0 Å². The Hall–Kier alpha value is -1.39. The van der Waals surface area contributed by atoms with Gasteiger partial charge in [0, 0.05) is 26.8 Å². The summed E-state index contributed by atoms with van der Waals surface area (Å²) in [5, 5.41) is 2.95. The van der Waals surface area contributed by atoms with Gasteiger partial charge in [0.25, 0.3) is 0 Å². The number of carbonyl (C=O) groups excluding carboxylic acids is 1. The predicted octanol–water partition coefficient (Wildman–Crippen LogP) is 1.94. The lowest BCUT2D eigenvalue weighted by Crippen LogP contribution is -2.36. The molecule has 21 heavy (non-hydrogen) atoms. The molecular weight excluding hydrogens is 264 g/mol. The Balaban J connectivity index is 1.75. The van der Waals surface area contributed by atoms with Crippen molar-refractivity contribution in [2.24, 2.45) is 0 Å². The molecule has 0 saturated carbocycles. The minimum atomic E-state index is 0.122. The molecule has 1 aromatic rings. The molecule has 2 rings (SSSR count). The fourth-order valence-electron chi connectivity index (χ4n) is 2.98. The number of nitrogens with one attached hydrogen (secondary N) is 1. The molecule has 116 valence electrons. The average Bonchev–Trinajstić information content (AvgIpc) is 2.92. The van der Waals surface area contributed by atoms with Crippen LogP contribution in [-0.4, -0.2) is 50.7 Å². The van der Waals surface area contributed by atoms with Gasteiger partial charge in [-0.2, -0.15) is 0 Å². The number of likely N-dealkylation sites (tertiary alicyclic amines) is 1. The number of aryl methyl sites for hydroxylation is 1. The summed E-state index contributed by atoms with van der Waals surface area (Å²) in [6, 6.07) is 8.57. The van der Waals surface area contributed by atoms with Gasteiger partial charge in [0.1, 0.15) is 0 Å². The number of carbonyl (C=O) groups is 1. The third-order valence-corrected chi connectivity index (χ3v) is 4.12. The lowest BCUT2D eigenvalue weighted by Gasteiger charge is -2.17.